The Morgan fingerprint density at radius 1 is 1.29 bits per heavy atom. The highest BCUT2D eigenvalue weighted by Gasteiger charge is 2.20. The van der Waals surface area contributed by atoms with Crippen LogP contribution in [0.5, 0.6) is 0 Å². The molecule has 0 unspecified atom stereocenters. The SMILES string of the molecule is Cn1ccnc1CN1CCN(c2ncc(F)c(=O)[nH]2)CC1. The first kappa shape index (κ1) is 13.7. The van der Waals surface area contributed by atoms with Crippen molar-refractivity contribution >= 4 is 5.95 Å². The molecular formula is C13H17FN6O. The van der Waals surface area contributed by atoms with Gasteiger partial charge in [0.1, 0.15) is 5.82 Å². The molecule has 8 heteroatoms. The van der Waals surface area contributed by atoms with E-state index in [0.29, 0.717) is 5.95 Å². The molecule has 3 heterocycles. The quantitative estimate of drug-likeness (QED) is 0.860. The standard InChI is InChI=1S/C13H17FN6O/c1-18-3-2-15-11(18)9-19-4-6-20(7-5-19)13-16-8-10(14)12(21)17-13/h2-3,8H,4-7,9H2,1H3,(H,16,17,21). The molecule has 2 aromatic rings. The zero-order valence-corrected chi connectivity index (χ0v) is 11.8. The highest BCUT2D eigenvalue weighted by molar-refractivity contribution is 5.29. The van der Waals surface area contributed by atoms with E-state index < -0.39 is 11.4 Å². The molecule has 0 aliphatic carbocycles. The van der Waals surface area contributed by atoms with E-state index in [-0.39, 0.29) is 0 Å². The number of aromatic amines is 1. The average Bonchev–Trinajstić information content (AvgIpc) is 2.88. The van der Waals surface area contributed by atoms with E-state index in [0.717, 1.165) is 44.7 Å². The second kappa shape index (κ2) is 5.65. The van der Waals surface area contributed by atoms with Gasteiger partial charge in [-0.25, -0.2) is 9.97 Å². The second-order valence-corrected chi connectivity index (χ2v) is 5.10. The van der Waals surface area contributed by atoms with E-state index in [4.69, 9.17) is 0 Å². The molecule has 1 N–H and O–H groups in total. The Hall–Kier alpha value is -2.22. The normalized spacial score (nSPS) is 16.4. The first-order chi connectivity index (χ1) is 10.1. The Morgan fingerprint density at radius 2 is 2.05 bits per heavy atom. The molecule has 0 saturated carbocycles. The minimum Gasteiger partial charge on any atom is -0.340 e. The van der Waals surface area contributed by atoms with Crippen molar-refractivity contribution < 1.29 is 4.39 Å². The van der Waals surface area contributed by atoms with Crippen LogP contribution in [0.25, 0.3) is 0 Å². The van der Waals surface area contributed by atoms with Crippen LogP contribution in [0.3, 0.4) is 0 Å². The van der Waals surface area contributed by atoms with Gasteiger partial charge in [0.15, 0.2) is 0 Å². The number of imidazole rings is 1. The third-order valence-electron chi connectivity index (χ3n) is 3.70. The third-order valence-corrected chi connectivity index (χ3v) is 3.70. The van der Waals surface area contributed by atoms with Crippen LogP contribution in [-0.4, -0.2) is 50.6 Å². The number of halogens is 1. The Labute approximate surface area is 121 Å². The molecule has 0 bridgehead atoms. The summed E-state index contributed by atoms with van der Waals surface area (Å²) in [5.74, 6) is 0.599. The van der Waals surface area contributed by atoms with Gasteiger partial charge in [-0.1, -0.05) is 0 Å². The van der Waals surface area contributed by atoms with Crippen LogP contribution in [0, 0.1) is 5.82 Å². The Bertz CT molecular complexity index is 673. The van der Waals surface area contributed by atoms with Gasteiger partial charge in [0.05, 0.1) is 12.7 Å². The number of rotatable bonds is 3. The van der Waals surface area contributed by atoms with E-state index in [9.17, 15) is 9.18 Å². The lowest BCUT2D eigenvalue weighted by molar-refractivity contribution is 0.240. The van der Waals surface area contributed by atoms with Gasteiger partial charge in [-0.15, -0.1) is 0 Å². The fraction of sp³-hybridized carbons (Fsp3) is 0.462. The molecule has 1 aliphatic heterocycles. The predicted molar refractivity (Wildman–Crippen MR) is 75.5 cm³/mol. The van der Waals surface area contributed by atoms with Crippen LogP contribution in [0.4, 0.5) is 10.3 Å². The number of hydrogen-bond donors (Lipinski definition) is 1. The van der Waals surface area contributed by atoms with Gasteiger partial charge in [-0.05, 0) is 0 Å². The van der Waals surface area contributed by atoms with Crippen LogP contribution in [-0.2, 0) is 13.6 Å². The first-order valence-corrected chi connectivity index (χ1v) is 6.82. The number of nitrogens with zero attached hydrogens (tertiary/aromatic N) is 5. The summed E-state index contributed by atoms with van der Waals surface area (Å²) in [6.07, 6.45) is 4.69. The molecule has 1 aliphatic rings. The van der Waals surface area contributed by atoms with Crippen LogP contribution >= 0.6 is 0 Å². The summed E-state index contributed by atoms with van der Waals surface area (Å²) in [4.78, 5) is 26.2. The van der Waals surface area contributed by atoms with Gasteiger partial charge < -0.3 is 9.47 Å². The lowest BCUT2D eigenvalue weighted by atomic mass is 10.3. The Balaban J connectivity index is 1.61. The zero-order valence-electron chi connectivity index (χ0n) is 11.8. The smallest absolute Gasteiger partial charge is 0.288 e. The number of aromatic nitrogens is 4. The highest BCUT2D eigenvalue weighted by Crippen LogP contribution is 2.11. The lowest BCUT2D eigenvalue weighted by Crippen LogP contribution is -2.47. The summed E-state index contributed by atoms with van der Waals surface area (Å²) in [6, 6.07) is 0. The molecular weight excluding hydrogens is 275 g/mol. The van der Waals surface area contributed by atoms with Crippen molar-refractivity contribution in [2.24, 2.45) is 7.05 Å². The van der Waals surface area contributed by atoms with E-state index in [1.165, 1.54) is 0 Å². The van der Waals surface area contributed by atoms with Gasteiger partial charge in [0, 0.05) is 45.6 Å². The summed E-state index contributed by atoms with van der Waals surface area (Å²) in [5, 5.41) is 0. The number of piperazine rings is 1. The average molecular weight is 292 g/mol. The van der Waals surface area contributed by atoms with E-state index in [1.807, 2.05) is 22.7 Å². The number of nitrogens with one attached hydrogen (secondary N) is 1. The summed E-state index contributed by atoms with van der Waals surface area (Å²) in [5.41, 5.74) is -0.726. The van der Waals surface area contributed by atoms with Crippen molar-refractivity contribution in [3.63, 3.8) is 0 Å². The highest BCUT2D eigenvalue weighted by atomic mass is 19.1. The van der Waals surface area contributed by atoms with Gasteiger partial charge >= 0.3 is 0 Å². The second-order valence-electron chi connectivity index (χ2n) is 5.10. The fourth-order valence-electron chi connectivity index (χ4n) is 2.40. The first-order valence-electron chi connectivity index (χ1n) is 6.82. The molecule has 0 radical (unpaired) electrons. The van der Waals surface area contributed by atoms with E-state index in [2.05, 4.69) is 19.9 Å². The van der Waals surface area contributed by atoms with Crippen LogP contribution in [0.2, 0.25) is 0 Å². The van der Waals surface area contributed by atoms with Gasteiger partial charge in [-0.3, -0.25) is 14.7 Å². The van der Waals surface area contributed by atoms with Crippen molar-refractivity contribution in [2.75, 3.05) is 31.1 Å². The molecule has 1 fully saturated rings. The van der Waals surface area contributed by atoms with Crippen LogP contribution < -0.4 is 10.5 Å². The van der Waals surface area contributed by atoms with Gasteiger partial charge in [-0.2, -0.15) is 4.39 Å². The summed E-state index contributed by atoms with van der Waals surface area (Å²) < 4.78 is 14.9. The third kappa shape index (κ3) is 2.94. The fourth-order valence-corrected chi connectivity index (χ4v) is 2.40. The van der Waals surface area contributed by atoms with Gasteiger partial charge in [0.2, 0.25) is 11.8 Å². The van der Waals surface area contributed by atoms with Crippen molar-refractivity contribution in [2.45, 2.75) is 6.54 Å². The lowest BCUT2D eigenvalue weighted by Gasteiger charge is -2.34. The number of hydrogen-bond acceptors (Lipinski definition) is 5. The molecule has 3 rings (SSSR count). The molecule has 21 heavy (non-hydrogen) atoms. The number of anilines is 1. The summed E-state index contributed by atoms with van der Waals surface area (Å²) in [7, 11) is 1.98. The largest absolute Gasteiger partial charge is 0.340 e. The zero-order chi connectivity index (χ0) is 14.8. The molecule has 0 spiro atoms. The minimum absolute atomic E-state index is 0.429. The van der Waals surface area contributed by atoms with Gasteiger partial charge in [0.25, 0.3) is 5.56 Å². The molecule has 0 atom stereocenters. The maximum Gasteiger partial charge on any atom is 0.288 e. The van der Waals surface area contributed by atoms with Crippen molar-refractivity contribution in [3.8, 4) is 0 Å². The summed E-state index contributed by atoms with van der Waals surface area (Å²) in [6.45, 7) is 3.95. The van der Waals surface area contributed by atoms with Crippen LogP contribution in [0.1, 0.15) is 5.82 Å². The van der Waals surface area contributed by atoms with E-state index in [1.54, 1.807) is 6.20 Å². The molecule has 1 saturated heterocycles. The molecule has 0 aromatic carbocycles. The monoisotopic (exact) mass is 292 g/mol. The van der Waals surface area contributed by atoms with Crippen LogP contribution in [0.15, 0.2) is 23.4 Å². The molecule has 0 amide bonds. The maximum atomic E-state index is 12.9. The van der Waals surface area contributed by atoms with Crippen molar-refractivity contribution in [1.82, 2.24) is 24.4 Å². The van der Waals surface area contributed by atoms with Crippen molar-refractivity contribution in [3.05, 3.63) is 40.6 Å². The molecule has 7 nitrogen and oxygen atoms in total. The maximum absolute atomic E-state index is 12.9. The number of H-pyrrole nitrogens is 1. The van der Waals surface area contributed by atoms with E-state index >= 15 is 0 Å². The number of aryl methyl sites for hydroxylation is 1. The molecule has 112 valence electrons. The summed E-state index contributed by atoms with van der Waals surface area (Å²) >= 11 is 0. The minimum atomic E-state index is -0.854. The topological polar surface area (TPSA) is 70.1 Å². The predicted octanol–water partition coefficient (Wildman–Crippen LogP) is -0.0353. The Kier molecular flexibility index (Phi) is 3.70. The van der Waals surface area contributed by atoms with Crippen molar-refractivity contribution in [1.29, 1.82) is 0 Å². The Morgan fingerprint density at radius 3 is 2.67 bits per heavy atom. The molecule has 2 aromatic heterocycles.